The third kappa shape index (κ3) is 3.44. The van der Waals surface area contributed by atoms with Gasteiger partial charge in [-0.3, -0.25) is 5.32 Å². The van der Waals surface area contributed by atoms with Gasteiger partial charge in [0.05, 0.1) is 5.56 Å². The largest absolute Gasteiger partial charge is 0.335 e. The molecule has 0 spiro atoms. The van der Waals surface area contributed by atoms with E-state index in [0.29, 0.717) is 5.56 Å². The molecule has 1 fully saturated rings. The highest BCUT2D eigenvalue weighted by atomic mass is 32.1. The summed E-state index contributed by atoms with van der Waals surface area (Å²) in [4.78, 5) is 13.5. The Morgan fingerprint density at radius 3 is 2.59 bits per heavy atom. The van der Waals surface area contributed by atoms with E-state index in [0.717, 1.165) is 37.1 Å². The Morgan fingerprint density at radius 2 is 1.82 bits per heavy atom. The first-order valence-corrected chi connectivity index (χ1v) is 9.21. The van der Waals surface area contributed by atoms with E-state index in [-0.39, 0.29) is 12.1 Å². The molecule has 2 N–H and O–H groups in total. The van der Waals surface area contributed by atoms with Crippen LogP contribution in [0, 0.1) is 11.3 Å². The lowest BCUT2D eigenvalue weighted by molar-refractivity contribution is 0.244. The number of thiophene rings is 1. The predicted molar refractivity (Wildman–Crippen MR) is 89.3 cm³/mol. The average molecular weight is 317 g/mol. The predicted octanol–water partition coefficient (Wildman–Crippen LogP) is 4.34. The van der Waals surface area contributed by atoms with Crippen LogP contribution < -0.4 is 10.6 Å². The first kappa shape index (κ1) is 15.4. The Hall–Kier alpha value is -1.54. The van der Waals surface area contributed by atoms with Crippen molar-refractivity contribution in [1.29, 1.82) is 5.26 Å². The van der Waals surface area contributed by atoms with Crippen molar-refractivity contribution < 1.29 is 4.79 Å². The molecule has 0 unspecified atom stereocenters. The molecule has 0 atom stereocenters. The maximum absolute atomic E-state index is 12.2. The van der Waals surface area contributed by atoms with E-state index in [1.165, 1.54) is 42.5 Å². The van der Waals surface area contributed by atoms with Crippen LogP contribution in [0.15, 0.2) is 0 Å². The fourth-order valence-electron chi connectivity index (χ4n) is 3.52. The molecule has 5 heteroatoms. The summed E-state index contributed by atoms with van der Waals surface area (Å²) in [6.07, 6.45) is 11.4. The summed E-state index contributed by atoms with van der Waals surface area (Å²) in [6, 6.07) is 2.44. The summed E-state index contributed by atoms with van der Waals surface area (Å²) in [5.74, 6) is 0. The number of aryl methyl sites for hydroxylation is 1. The highest BCUT2D eigenvalue weighted by Crippen LogP contribution is 2.36. The van der Waals surface area contributed by atoms with Crippen LogP contribution in [0.3, 0.4) is 0 Å². The first-order valence-electron chi connectivity index (χ1n) is 8.40. The lowest BCUT2D eigenvalue weighted by Gasteiger charge is -2.22. The summed E-state index contributed by atoms with van der Waals surface area (Å²) in [6.45, 7) is 0. The van der Waals surface area contributed by atoms with Crippen molar-refractivity contribution in [3.05, 3.63) is 16.0 Å². The zero-order chi connectivity index (χ0) is 15.4. The van der Waals surface area contributed by atoms with Crippen molar-refractivity contribution in [1.82, 2.24) is 5.32 Å². The van der Waals surface area contributed by atoms with Gasteiger partial charge in [0.2, 0.25) is 0 Å². The zero-order valence-corrected chi connectivity index (χ0v) is 13.7. The quantitative estimate of drug-likeness (QED) is 0.797. The Kier molecular flexibility index (Phi) is 4.99. The molecule has 0 aliphatic heterocycles. The number of anilines is 1. The molecular formula is C17H23N3OS. The molecule has 2 aliphatic carbocycles. The molecule has 118 valence electrons. The summed E-state index contributed by atoms with van der Waals surface area (Å²) in [5.41, 5.74) is 1.87. The SMILES string of the molecule is N#Cc1c(NC(=O)NC2CCCCC2)sc2c1CCCCC2. The molecule has 1 aromatic rings. The number of urea groups is 1. The van der Waals surface area contributed by atoms with Crippen LogP contribution >= 0.6 is 11.3 Å². The van der Waals surface area contributed by atoms with Crippen molar-refractivity contribution >= 4 is 22.4 Å². The molecule has 1 aromatic heterocycles. The number of hydrogen-bond donors (Lipinski definition) is 2. The van der Waals surface area contributed by atoms with Gasteiger partial charge in [0.15, 0.2) is 0 Å². The molecule has 0 saturated heterocycles. The minimum absolute atomic E-state index is 0.153. The molecule has 4 nitrogen and oxygen atoms in total. The molecule has 2 aliphatic rings. The lowest BCUT2D eigenvalue weighted by Crippen LogP contribution is -2.38. The highest BCUT2D eigenvalue weighted by Gasteiger charge is 2.22. The second kappa shape index (κ2) is 7.15. The smallest absolute Gasteiger partial charge is 0.320 e. The van der Waals surface area contributed by atoms with Crippen LogP contribution in [0.25, 0.3) is 0 Å². The van der Waals surface area contributed by atoms with Gasteiger partial charge in [-0.05, 0) is 44.1 Å². The van der Waals surface area contributed by atoms with Gasteiger partial charge in [0.25, 0.3) is 0 Å². The molecule has 1 saturated carbocycles. The van der Waals surface area contributed by atoms with Gasteiger partial charge < -0.3 is 5.32 Å². The van der Waals surface area contributed by atoms with Crippen LogP contribution in [0.5, 0.6) is 0 Å². The number of carbonyl (C=O) groups excluding carboxylic acids is 1. The van der Waals surface area contributed by atoms with Crippen molar-refractivity contribution in [3.8, 4) is 6.07 Å². The number of nitrogens with zero attached hydrogens (tertiary/aromatic N) is 1. The fraction of sp³-hybridized carbons (Fsp3) is 0.647. The van der Waals surface area contributed by atoms with E-state index in [2.05, 4.69) is 16.7 Å². The van der Waals surface area contributed by atoms with Crippen molar-refractivity contribution in [2.45, 2.75) is 70.3 Å². The molecule has 0 radical (unpaired) electrons. The van der Waals surface area contributed by atoms with Crippen LogP contribution in [-0.2, 0) is 12.8 Å². The monoisotopic (exact) mass is 317 g/mol. The number of nitriles is 1. The second-order valence-electron chi connectivity index (χ2n) is 6.31. The van der Waals surface area contributed by atoms with E-state index in [1.807, 2.05) is 0 Å². The molecular weight excluding hydrogens is 294 g/mol. The van der Waals surface area contributed by atoms with Crippen molar-refractivity contribution in [3.63, 3.8) is 0 Å². The van der Waals surface area contributed by atoms with Crippen molar-refractivity contribution in [2.75, 3.05) is 5.32 Å². The van der Waals surface area contributed by atoms with Gasteiger partial charge in [0.1, 0.15) is 11.1 Å². The average Bonchev–Trinajstić information content (AvgIpc) is 2.69. The third-order valence-electron chi connectivity index (χ3n) is 4.70. The van der Waals surface area contributed by atoms with E-state index in [9.17, 15) is 10.1 Å². The first-order chi connectivity index (χ1) is 10.8. The Bertz CT molecular complexity index is 581. The maximum atomic E-state index is 12.2. The summed E-state index contributed by atoms with van der Waals surface area (Å²) < 4.78 is 0. The number of carbonyl (C=O) groups is 1. The summed E-state index contributed by atoms with van der Waals surface area (Å²) >= 11 is 1.60. The number of fused-ring (bicyclic) bond motifs is 1. The van der Waals surface area contributed by atoms with E-state index >= 15 is 0 Å². The van der Waals surface area contributed by atoms with E-state index in [1.54, 1.807) is 11.3 Å². The minimum atomic E-state index is -0.153. The van der Waals surface area contributed by atoms with Crippen LogP contribution in [0.2, 0.25) is 0 Å². The van der Waals surface area contributed by atoms with Gasteiger partial charge in [-0.2, -0.15) is 5.26 Å². The molecule has 3 rings (SSSR count). The van der Waals surface area contributed by atoms with Gasteiger partial charge in [-0.1, -0.05) is 25.7 Å². The Balaban J connectivity index is 1.69. The van der Waals surface area contributed by atoms with Gasteiger partial charge in [-0.15, -0.1) is 11.3 Å². The standard InChI is InChI=1S/C17H23N3OS/c18-11-14-13-9-5-2-6-10-15(13)22-16(14)20-17(21)19-12-7-3-1-4-8-12/h12H,1-10H2,(H2,19,20,21). The Morgan fingerprint density at radius 1 is 1.09 bits per heavy atom. The van der Waals surface area contributed by atoms with Gasteiger partial charge in [-0.25, -0.2) is 4.79 Å². The molecule has 0 bridgehead atoms. The fourth-order valence-corrected chi connectivity index (χ4v) is 4.76. The number of hydrogen-bond acceptors (Lipinski definition) is 3. The lowest BCUT2D eigenvalue weighted by atomic mass is 9.96. The van der Waals surface area contributed by atoms with E-state index in [4.69, 9.17) is 0 Å². The molecule has 22 heavy (non-hydrogen) atoms. The van der Waals surface area contributed by atoms with Gasteiger partial charge >= 0.3 is 6.03 Å². The van der Waals surface area contributed by atoms with Crippen LogP contribution in [-0.4, -0.2) is 12.1 Å². The summed E-state index contributed by atoms with van der Waals surface area (Å²) in [7, 11) is 0. The van der Waals surface area contributed by atoms with E-state index < -0.39 is 0 Å². The second-order valence-corrected chi connectivity index (χ2v) is 7.42. The van der Waals surface area contributed by atoms with Crippen molar-refractivity contribution in [2.24, 2.45) is 0 Å². The normalized spacial score (nSPS) is 18.9. The Labute approximate surface area is 135 Å². The number of nitrogens with one attached hydrogen (secondary N) is 2. The summed E-state index contributed by atoms with van der Waals surface area (Å²) in [5, 5.41) is 16.2. The molecule has 1 heterocycles. The number of rotatable bonds is 2. The maximum Gasteiger partial charge on any atom is 0.320 e. The molecule has 2 amide bonds. The topological polar surface area (TPSA) is 64.9 Å². The van der Waals surface area contributed by atoms with Crippen LogP contribution in [0.1, 0.15) is 67.4 Å². The highest BCUT2D eigenvalue weighted by molar-refractivity contribution is 7.16. The minimum Gasteiger partial charge on any atom is -0.335 e. The third-order valence-corrected chi connectivity index (χ3v) is 5.91. The van der Waals surface area contributed by atoms with Gasteiger partial charge in [0, 0.05) is 10.9 Å². The number of amides is 2. The zero-order valence-electron chi connectivity index (χ0n) is 12.9. The molecule has 0 aromatic carbocycles. The van der Waals surface area contributed by atoms with Crippen LogP contribution in [0.4, 0.5) is 9.80 Å².